The fraction of sp³-hybridized carbons (Fsp3) is 0.500. The van der Waals surface area contributed by atoms with Crippen LogP contribution in [0.2, 0.25) is 0 Å². The van der Waals surface area contributed by atoms with E-state index in [0.29, 0.717) is 12.2 Å². The minimum Gasteiger partial charge on any atom is -0.357 e. The van der Waals surface area contributed by atoms with E-state index >= 15 is 0 Å². The number of rotatable bonds is 7. The minimum atomic E-state index is -3.80. The number of benzene rings is 1. The predicted molar refractivity (Wildman–Crippen MR) is 110 cm³/mol. The van der Waals surface area contributed by atoms with Crippen LogP contribution in [0.1, 0.15) is 27.2 Å². The van der Waals surface area contributed by atoms with E-state index in [4.69, 9.17) is 12.2 Å². The number of hydrogen-bond donors (Lipinski definition) is 4. The van der Waals surface area contributed by atoms with Gasteiger partial charge in [-0.2, -0.15) is 16.5 Å². The Bertz CT molecular complexity index is 703. The Hall–Kier alpha value is -1.36. The molecule has 26 heavy (non-hydrogen) atoms. The Kier molecular flexibility index (Phi) is 8.81. The highest BCUT2D eigenvalue weighted by Gasteiger charge is 2.25. The van der Waals surface area contributed by atoms with Gasteiger partial charge in [0.15, 0.2) is 5.11 Å². The van der Waals surface area contributed by atoms with E-state index in [1.807, 2.05) is 27.0 Å². The number of nitrogens with one attached hydrogen (secondary N) is 4. The highest BCUT2D eigenvalue weighted by molar-refractivity contribution is 7.98. The topological polar surface area (TPSA) is 99.3 Å². The van der Waals surface area contributed by atoms with Gasteiger partial charge in [-0.25, -0.2) is 8.42 Å². The molecule has 1 atom stereocenters. The molecule has 1 aromatic rings. The molecule has 4 N–H and O–H groups in total. The van der Waals surface area contributed by atoms with Crippen molar-refractivity contribution in [1.29, 1.82) is 0 Å². The van der Waals surface area contributed by atoms with E-state index in [-0.39, 0.29) is 15.5 Å². The lowest BCUT2D eigenvalue weighted by atomic mass is 10.1. The Balaban J connectivity index is 2.76. The molecule has 0 aliphatic rings. The van der Waals surface area contributed by atoms with E-state index in [0.717, 1.165) is 0 Å². The molecule has 0 spiro atoms. The maximum atomic E-state index is 12.5. The standard InChI is InChI=1S/C16H26N4O3S3/c1-16(2,3)17-15(24)19-18-14(21)13(10-11-25-4)20-26(22,23)12-8-6-5-7-9-12/h5-9,13,20H,10-11H2,1-4H3,(H,18,21)(H2,17,19,24)/t13-/m0/s1. The van der Waals surface area contributed by atoms with Crippen molar-refractivity contribution in [3.8, 4) is 0 Å². The average Bonchev–Trinajstić information content (AvgIpc) is 2.55. The van der Waals surface area contributed by atoms with Gasteiger partial charge < -0.3 is 5.32 Å². The SMILES string of the molecule is CSCC[C@H](NS(=O)(=O)c1ccccc1)C(=O)NNC(=S)NC(C)(C)C. The number of hydrazine groups is 1. The third-order valence-corrected chi connectivity index (χ3v) is 5.40. The Labute approximate surface area is 165 Å². The van der Waals surface area contributed by atoms with Crippen molar-refractivity contribution in [1.82, 2.24) is 20.9 Å². The van der Waals surface area contributed by atoms with Gasteiger partial charge in [-0.1, -0.05) is 18.2 Å². The summed E-state index contributed by atoms with van der Waals surface area (Å²) in [5.74, 6) is 0.122. The van der Waals surface area contributed by atoms with Gasteiger partial charge in [0.25, 0.3) is 5.91 Å². The van der Waals surface area contributed by atoms with Crippen molar-refractivity contribution in [3.05, 3.63) is 30.3 Å². The molecule has 0 bridgehead atoms. The molecule has 0 radical (unpaired) electrons. The zero-order valence-corrected chi connectivity index (χ0v) is 17.8. The van der Waals surface area contributed by atoms with Gasteiger partial charge in [0.1, 0.15) is 6.04 Å². The summed E-state index contributed by atoms with van der Waals surface area (Å²) in [4.78, 5) is 12.5. The van der Waals surface area contributed by atoms with Gasteiger partial charge in [0, 0.05) is 5.54 Å². The number of thioether (sulfide) groups is 1. The van der Waals surface area contributed by atoms with Crippen LogP contribution in [-0.2, 0) is 14.8 Å². The second-order valence-corrected chi connectivity index (χ2v) is 9.69. The molecule has 0 saturated carbocycles. The lowest BCUT2D eigenvalue weighted by molar-refractivity contribution is -0.123. The van der Waals surface area contributed by atoms with Crippen LogP contribution in [0.4, 0.5) is 0 Å². The lowest BCUT2D eigenvalue weighted by Crippen LogP contribution is -2.56. The molecule has 1 aromatic carbocycles. The molecule has 0 unspecified atom stereocenters. The molecular formula is C16H26N4O3S3. The molecule has 0 heterocycles. The molecule has 0 fully saturated rings. The van der Waals surface area contributed by atoms with Crippen molar-refractivity contribution in [2.24, 2.45) is 0 Å². The van der Waals surface area contributed by atoms with Gasteiger partial charge in [-0.15, -0.1) is 0 Å². The highest BCUT2D eigenvalue weighted by atomic mass is 32.2. The molecular weight excluding hydrogens is 392 g/mol. The summed E-state index contributed by atoms with van der Waals surface area (Å²) in [6, 6.07) is 7.02. The van der Waals surface area contributed by atoms with Crippen LogP contribution in [0.5, 0.6) is 0 Å². The number of thiocarbonyl (C=S) groups is 1. The molecule has 1 amide bonds. The van der Waals surface area contributed by atoms with Gasteiger partial charge >= 0.3 is 0 Å². The third kappa shape index (κ3) is 8.35. The van der Waals surface area contributed by atoms with Gasteiger partial charge in [0.2, 0.25) is 10.0 Å². The predicted octanol–water partition coefficient (Wildman–Crippen LogP) is 1.38. The number of amides is 1. The van der Waals surface area contributed by atoms with Crippen molar-refractivity contribution < 1.29 is 13.2 Å². The maximum Gasteiger partial charge on any atom is 0.256 e. The number of carbonyl (C=O) groups excluding carboxylic acids is 1. The van der Waals surface area contributed by atoms with E-state index in [9.17, 15) is 13.2 Å². The lowest BCUT2D eigenvalue weighted by Gasteiger charge is -2.24. The summed E-state index contributed by atoms with van der Waals surface area (Å²) in [6.45, 7) is 5.79. The molecule has 1 rings (SSSR count). The Morgan fingerprint density at radius 1 is 1.19 bits per heavy atom. The first-order chi connectivity index (χ1) is 12.0. The van der Waals surface area contributed by atoms with Crippen LogP contribution in [0.25, 0.3) is 0 Å². The van der Waals surface area contributed by atoms with Crippen molar-refractivity contribution in [2.75, 3.05) is 12.0 Å². The Morgan fingerprint density at radius 2 is 1.81 bits per heavy atom. The monoisotopic (exact) mass is 418 g/mol. The van der Waals surface area contributed by atoms with Crippen molar-refractivity contribution in [2.45, 2.75) is 43.7 Å². The fourth-order valence-corrected chi connectivity index (χ4v) is 3.99. The van der Waals surface area contributed by atoms with Crippen LogP contribution in [0.3, 0.4) is 0 Å². The van der Waals surface area contributed by atoms with Crippen LogP contribution in [0, 0.1) is 0 Å². The summed E-state index contributed by atoms with van der Waals surface area (Å²) in [7, 11) is -3.80. The van der Waals surface area contributed by atoms with Gasteiger partial charge in [0.05, 0.1) is 4.90 Å². The molecule has 0 saturated heterocycles. The summed E-state index contributed by atoms with van der Waals surface area (Å²) in [5.41, 5.74) is 4.80. The highest BCUT2D eigenvalue weighted by Crippen LogP contribution is 2.10. The molecule has 0 aliphatic heterocycles. The number of sulfonamides is 1. The normalized spacial score (nSPS) is 12.9. The smallest absolute Gasteiger partial charge is 0.256 e. The minimum absolute atomic E-state index is 0.111. The molecule has 10 heteroatoms. The summed E-state index contributed by atoms with van der Waals surface area (Å²) in [6.07, 6.45) is 2.24. The fourth-order valence-electron chi connectivity index (χ4n) is 1.91. The van der Waals surface area contributed by atoms with Gasteiger partial charge in [-0.3, -0.25) is 15.6 Å². The maximum absolute atomic E-state index is 12.5. The van der Waals surface area contributed by atoms with E-state index < -0.39 is 22.0 Å². The zero-order chi connectivity index (χ0) is 19.8. The van der Waals surface area contributed by atoms with Gasteiger partial charge in [-0.05, 0) is 63.6 Å². The molecule has 0 aliphatic carbocycles. The zero-order valence-electron chi connectivity index (χ0n) is 15.3. The van der Waals surface area contributed by atoms with E-state index in [1.165, 1.54) is 23.9 Å². The summed E-state index contributed by atoms with van der Waals surface area (Å²) in [5, 5.41) is 3.24. The largest absolute Gasteiger partial charge is 0.357 e. The van der Waals surface area contributed by atoms with E-state index in [1.54, 1.807) is 18.2 Å². The van der Waals surface area contributed by atoms with Crippen LogP contribution < -0.4 is 20.9 Å². The number of carbonyl (C=O) groups is 1. The molecule has 7 nitrogen and oxygen atoms in total. The Morgan fingerprint density at radius 3 is 2.35 bits per heavy atom. The van der Waals surface area contributed by atoms with Crippen LogP contribution in [0.15, 0.2) is 35.2 Å². The number of hydrogen-bond acceptors (Lipinski definition) is 5. The second kappa shape index (κ2) is 10.1. The molecule has 0 aromatic heterocycles. The molecule has 146 valence electrons. The third-order valence-electron chi connectivity index (χ3n) is 3.07. The van der Waals surface area contributed by atoms with Crippen molar-refractivity contribution >= 4 is 45.0 Å². The second-order valence-electron chi connectivity index (χ2n) is 6.59. The first kappa shape index (κ1) is 22.7. The van der Waals surface area contributed by atoms with Crippen molar-refractivity contribution in [3.63, 3.8) is 0 Å². The quantitative estimate of drug-likeness (QED) is 0.392. The van der Waals surface area contributed by atoms with Crippen LogP contribution in [-0.4, -0.2) is 43.0 Å². The summed E-state index contributed by atoms with van der Waals surface area (Å²) < 4.78 is 27.4. The first-order valence-electron chi connectivity index (χ1n) is 7.99. The van der Waals surface area contributed by atoms with E-state index in [2.05, 4.69) is 20.9 Å². The van der Waals surface area contributed by atoms with Crippen LogP contribution >= 0.6 is 24.0 Å². The average molecular weight is 419 g/mol. The summed E-state index contributed by atoms with van der Waals surface area (Å²) >= 11 is 6.63. The first-order valence-corrected chi connectivity index (χ1v) is 11.3.